The molecule has 2 fully saturated rings. The van der Waals surface area contributed by atoms with E-state index in [-0.39, 0.29) is 18.0 Å². The van der Waals surface area contributed by atoms with Crippen molar-refractivity contribution in [3.8, 4) is 0 Å². The Bertz CT molecular complexity index is 769. The number of hydrogen-bond donors (Lipinski definition) is 1. The first kappa shape index (κ1) is 19.5. The fourth-order valence-electron chi connectivity index (χ4n) is 3.83. The molecule has 0 aromatic heterocycles. The Labute approximate surface area is 160 Å². The van der Waals surface area contributed by atoms with E-state index in [0.29, 0.717) is 44.0 Å². The summed E-state index contributed by atoms with van der Waals surface area (Å²) < 4.78 is 27.6. The SMILES string of the molecule is CC(C)NC(=O)N1CC[C@@H]2CN(Cc3cccc(Cl)c3)S(=O)(=O)[C@@H]2CC1. The van der Waals surface area contributed by atoms with Crippen molar-refractivity contribution in [3.05, 3.63) is 34.9 Å². The van der Waals surface area contributed by atoms with Gasteiger partial charge in [-0.2, -0.15) is 4.31 Å². The molecule has 26 heavy (non-hydrogen) atoms. The minimum Gasteiger partial charge on any atom is -0.336 e. The molecule has 8 heteroatoms. The number of hydrogen-bond acceptors (Lipinski definition) is 3. The number of urea groups is 1. The fraction of sp³-hybridized carbons (Fsp3) is 0.611. The third-order valence-corrected chi connectivity index (χ3v) is 7.73. The van der Waals surface area contributed by atoms with Crippen LogP contribution in [0, 0.1) is 5.92 Å². The first-order valence-corrected chi connectivity index (χ1v) is 10.9. The molecule has 2 atom stereocenters. The number of benzene rings is 1. The van der Waals surface area contributed by atoms with Gasteiger partial charge in [0, 0.05) is 37.2 Å². The number of nitrogens with one attached hydrogen (secondary N) is 1. The molecule has 2 aliphatic heterocycles. The van der Waals surface area contributed by atoms with Crippen LogP contribution in [0.5, 0.6) is 0 Å². The average Bonchev–Trinajstić information content (AvgIpc) is 2.71. The standard InChI is InChI=1S/C18H26ClN3O3S/c1-13(2)20-18(23)21-8-6-15-12-22(26(24,25)17(15)7-9-21)11-14-4-3-5-16(19)10-14/h3-5,10,13,15,17H,6-9,11-12H2,1-2H3,(H,20,23)/t15-,17-/m1/s1. The van der Waals surface area contributed by atoms with Crippen LogP contribution < -0.4 is 5.32 Å². The molecule has 0 aliphatic carbocycles. The van der Waals surface area contributed by atoms with Gasteiger partial charge in [-0.15, -0.1) is 0 Å². The van der Waals surface area contributed by atoms with Crippen LogP contribution in [0.2, 0.25) is 5.02 Å². The largest absolute Gasteiger partial charge is 0.336 e. The molecule has 2 heterocycles. The second-order valence-corrected chi connectivity index (χ2v) is 10.0. The van der Waals surface area contributed by atoms with Crippen molar-refractivity contribution in [2.24, 2.45) is 5.92 Å². The van der Waals surface area contributed by atoms with E-state index in [2.05, 4.69) is 5.32 Å². The number of nitrogens with zero attached hydrogens (tertiary/aromatic N) is 2. The minimum absolute atomic E-state index is 0.0658. The van der Waals surface area contributed by atoms with Gasteiger partial charge in [0.25, 0.3) is 0 Å². The molecule has 6 nitrogen and oxygen atoms in total. The summed E-state index contributed by atoms with van der Waals surface area (Å²) in [5.41, 5.74) is 0.899. The van der Waals surface area contributed by atoms with Crippen LogP contribution >= 0.6 is 11.6 Å². The second-order valence-electron chi connectivity index (χ2n) is 7.43. The van der Waals surface area contributed by atoms with Gasteiger partial charge in [-0.25, -0.2) is 13.2 Å². The first-order valence-electron chi connectivity index (χ1n) is 9.06. The molecular weight excluding hydrogens is 374 g/mol. The summed E-state index contributed by atoms with van der Waals surface area (Å²) in [4.78, 5) is 14.0. The maximum atomic E-state index is 13.0. The Morgan fingerprint density at radius 1 is 1.31 bits per heavy atom. The smallest absolute Gasteiger partial charge is 0.317 e. The van der Waals surface area contributed by atoms with Crippen molar-refractivity contribution < 1.29 is 13.2 Å². The van der Waals surface area contributed by atoms with Crippen LogP contribution in [-0.2, 0) is 16.6 Å². The number of likely N-dealkylation sites (tertiary alicyclic amines) is 1. The van der Waals surface area contributed by atoms with Gasteiger partial charge in [0.15, 0.2) is 0 Å². The van der Waals surface area contributed by atoms with Crippen LogP contribution in [0.25, 0.3) is 0 Å². The molecule has 144 valence electrons. The molecule has 3 rings (SSSR count). The lowest BCUT2D eigenvalue weighted by atomic mass is 10.0. The number of rotatable bonds is 3. The molecule has 0 spiro atoms. The van der Waals surface area contributed by atoms with Crippen LogP contribution in [0.4, 0.5) is 4.79 Å². The van der Waals surface area contributed by atoms with E-state index in [1.807, 2.05) is 32.0 Å². The third-order valence-electron chi connectivity index (χ3n) is 5.11. The molecule has 0 saturated carbocycles. The molecule has 0 bridgehead atoms. The third kappa shape index (κ3) is 4.15. The Hall–Kier alpha value is -1.31. The fourth-order valence-corrected chi connectivity index (χ4v) is 6.27. The van der Waals surface area contributed by atoms with E-state index in [4.69, 9.17) is 11.6 Å². The number of sulfonamides is 1. The van der Waals surface area contributed by atoms with Gasteiger partial charge in [-0.05, 0) is 50.3 Å². The van der Waals surface area contributed by atoms with E-state index >= 15 is 0 Å². The summed E-state index contributed by atoms with van der Waals surface area (Å²) in [6.45, 7) is 5.78. The molecule has 0 radical (unpaired) electrons. The van der Waals surface area contributed by atoms with E-state index in [0.717, 1.165) is 5.56 Å². The van der Waals surface area contributed by atoms with Crippen molar-refractivity contribution >= 4 is 27.7 Å². The highest BCUT2D eigenvalue weighted by molar-refractivity contribution is 7.90. The van der Waals surface area contributed by atoms with E-state index < -0.39 is 15.3 Å². The van der Waals surface area contributed by atoms with Gasteiger partial charge in [0.05, 0.1) is 5.25 Å². The first-order chi connectivity index (χ1) is 12.3. The van der Waals surface area contributed by atoms with Crippen LogP contribution in [0.15, 0.2) is 24.3 Å². The van der Waals surface area contributed by atoms with Crippen LogP contribution in [0.1, 0.15) is 32.3 Å². The zero-order chi connectivity index (χ0) is 18.9. The number of halogens is 1. The molecule has 2 amide bonds. The molecule has 1 aromatic carbocycles. The maximum absolute atomic E-state index is 13.0. The van der Waals surface area contributed by atoms with Crippen molar-refractivity contribution in [1.82, 2.24) is 14.5 Å². The van der Waals surface area contributed by atoms with Crippen molar-refractivity contribution in [2.75, 3.05) is 19.6 Å². The van der Waals surface area contributed by atoms with Gasteiger partial charge in [-0.3, -0.25) is 0 Å². The summed E-state index contributed by atoms with van der Waals surface area (Å²) in [6.07, 6.45) is 1.20. The van der Waals surface area contributed by atoms with Gasteiger partial charge in [0.1, 0.15) is 0 Å². The molecular formula is C18H26ClN3O3S. The Balaban J connectivity index is 1.68. The molecule has 2 saturated heterocycles. The Kier molecular flexibility index (Phi) is 5.79. The summed E-state index contributed by atoms with van der Waals surface area (Å²) in [6, 6.07) is 7.29. The average molecular weight is 400 g/mol. The monoisotopic (exact) mass is 399 g/mol. The number of carbonyl (C=O) groups is 1. The lowest BCUT2D eigenvalue weighted by Crippen LogP contribution is -2.43. The minimum atomic E-state index is -3.36. The van der Waals surface area contributed by atoms with Crippen LogP contribution in [0.3, 0.4) is 0 Å². The van der Waals surface area contributed by atoms with Crippen LogP contribution in [-0.4, -0.2) is 54.6 Å². The number of fused-ring (bicyclic) bond motifs is 1. The van der Waals surface area contributed by atoms with E-state index in [9.17, 15) is 13.2 Å². The molecule has 1 N–H and O–H groups in total. The number of carbonyl (C=O) groups excluding carboxylic acids is 1. The van der Waals surface area contributed by atoms with Gasteiger partial charge >= 0.3 is 6.03 Å². The summed E-state index contributed by atoms with van der Waals surface area (Å²) in [5.74, 6) is 0.0658. The molecule has 1 aromatic rings. The predicted octanol–water partition coefficient (Wildman–Crippen LogP) is 2.68. The maximum Gasteiger partial charge on any atom is 0.317 e. The van der Waals surface area contributed by atoms with Gasteiger partial charge < -0.3 is 10.2 Å². The summed E-state index contributed by atoms with van der Waals surface area (Å²) >= 11 is 6.02. The second kappa shape index (κ2) is 7.74. The lowest BCUT2D eigenvalue weighted by molar-refractivity contribution is 0.196. The summed E-state index contributed by atoms with van der Waals surface area (Å²) in [5, 5.41) is 3.10. The highest BCUT2D eigenvalue weighted by Crippen LogP contribution is 2.35. The zero-order valence-electron chi connectivity index (χ0n) is 15.2. The molecule has 2 aliphatic rings. The topological polar surface area (TPSA) is 69.7 Å². The van der Waals surface area contributed by atoms with Crippen molar-refractivity contribution in [3.63, 3.8) is 0 Å². The lowest BCUT2D eigenvalue weighted by Gasteiger charge is -2.23. The Morgan fingerprint density at radius 2 is 2.04 bits per heavy atom. The van der Waals surface area contributed by atoms with E-state index in [1.54, 1.807) is 15.3 Å². The van der Waals surface area contributed by atoms with Crippen molar-refractivity contribution in [2.45, 2.75) is 44.5 Å². The summed E-state index contributed by atoms with van der Waals surface area (Å²) in [7, 11) is -3.36. The quantitative estimate of drug-likeness (QED) is 0.849. The normalized spacial score (nSPS) is 25.8. The zero-order valence-corrected chi connectivity index (χ0v) is 16.8. The van der Waals surface area contributed by atoms with Gasteiger partial charge in [0.2, 0.25) is 10.0 Å². The van der Waals surface area contributed by atoms with Gasteiger partial charge in [-0.1, -0.05) is 23.7 Å². The van der Waals surface area contributed by atoms with E-state index in [1.165, 1.54) is 0 Å². The molecule has 0 unspecified atom stereocenters. The number of amides is 2. The van der Waals surface area contributed by atoms with Crippen molar-refractivity contribution in [1.29, 1.82) is 0 Å². The highest BCUT2D eigenvalue weighted by Gasteiger charge is 2.47. The predicted molar refractivity (Wildman–Crippen MR) is 103 cm³/mol. The highest BCUT2D eigenvalue weighted by atomic mass is 35.5. The Morgan fingerprint density at radius 3 is 2.73 bits per heavy atom.